The van der Waals surface area contributed by atoms with Gasteiger partial charge in [0.05, 0.1) is 29.4 Å². The summed E-state index contributed by atoms with van der Waals surface area (Å²) >= 11 is 1.18. The minimum absolute atomic E-state index is 0.0353. The molecule has 0 unspecified atom stereocenters. The number of methoxy groups -OCH3 is 1. The maximum atomic E-state index is 12.5. The van der Waals surface area contributed by atoms with Crippen molar-refractivity contribution in [3.8, 4) is 22.9 Å². The van der Waals surface area contributed by atoms with E-state index in [2.05, 4.69) is 20.0 Å². The summed E-state index contributed by atoms with van der Waals surface area (Å²) in [6.45, 7) is -3.19. The molecule has 0 radical (unpaired) electrons. The van der Waals surface area contributed by atoms with E-state index in [1.165, 1.54) is 18.4 Å². The van der Waals surface area contributed by atoms with Gasteiger partial charge >= 0.3 is 6.61 Å². The lowest BCUT2D eigenvalue weighted by atomic mass is 10.1. The number of nitrogens with one attached hydrogen (secondary N) is 1. The first kappa shape index (κ1) is 21.8. The van der Waals surface area contributed by atoms with Gasteiger partial charge in [-0.2, -0.15) is 8.78 Å². The number of thiazole rings is 1. The van der Waals surface area contributed by atoms with Crippen molar-refractivity contribution in [1.29, 1.82) is 0 Å². The van der Waals surface area contributed by atoms with Crippen molar-refractivity contribution >= 4 is 34.1 Å². The summed E-state index contributed by atoms with van der Waals surface area (Å²) in [5, 5.41) is 15.9. The monoisotopic (exact) mass is 448 g/mol. The number of hydrogen-bond acceptors (Lipinski definition) is 8. The van der Waals surface area contributed by atoms with Crippen LogP contribution in [0.25, 0.3) is 17.5 Å². The third-order valence-electron chi connectivity index (χ3n) is 3.80. The third-order valence-corrected chi connectivity index (χ3v) is 4.56. The van der Waals surface area contributed by atoms with E-state index < -0.39 is 28.9 Å². The lowest BCUT2D eigenvalue weighted by molar-refractivity contribution is -0.385. The number of hydrogen-bond donors (Lipinski definition) is 1. The number of nitro groups is 1. The number of carbonyl (C=O) groups is 1. The molecule has 0 atom stereocenters. The Kier molecular flexibility index (Phi) is 6.82. The molecule has 160 valence electrons. The number of ether oxygens (including phenoxy) is 2. The van der Waals surface area contributed by atoms with E-state index in [0.717, 1.165) is 24.3 Å². The molecule has 0 saturated carbocycles. The van der Waals surface area contributed by atoms with Gasteiger partial charge in [-0.15, -0.1) is 11.3 Å². The lowest BCUT2D eigenvalue weighted by Crippen LogP contribution is -2.07. The summed E-state index contributed by atoms with van der Waals surface area (Å²) in [7, 11) is 1.20. The number of aromatic nitrogens is 2. The number of amides is 1. The zero-order valence-electron chi connectivity index (χ0n) is 15.8. The van der Waals surface area contributed by atoms with Crippen molar-refractivity contribution in [2.45, 2.75) is 6.61 Å². The zero-order chi connectivity index (χ0) is 22.4. The molecule has 0 saturated heterocycles. The van der Waals surface area contributed by atoms with Crippen LogP contribution in [0.1, 0.15) is 5.56 Å². The smallest absolute Gasteiger partial charge is 0.387 e. The Bertz CT molecular complexity index is 1120. The molecule has 0 bridgehead atoms. The summed E-state index contributed by atoms with van der Waals surface area (Å²) in [6.07, 6.45) is 3.83. The molecule has 0 aliphatic carbocycles. The molecule has 0 aliphatic heterocycles. The number of halogens is 2. The lowest BCUT2D eigenvalue weighted by Gasteiger charge is -2.10. The molecule has 3 aromatic rings. The predicted octanol–water partition coefficient (Wildman–Crippen LogP) is 4.38. The van der Waals surface area contributed by atoms with Gasteiger partial charge in [-0.1, -0.05) is 6.07 Å². The van der Waals surface area contributed by atoms with Gasteiger partial charge in [0, 0.05) is 17.7 Å². The molecule has 12 heteroatoms. The van der Waals surface area contributed by atoms with E-state index in [9.17, 15) is 23.7 Å². The van der Waals surface area contributed by atoms with Gasteiger partial charge in [-0.05, 0) is 24.3 Å². The van der Waals surface area contributed by atoms with Crippen LogP contribution in [-0.4, -0.2) is 34.5 Å². The fourth-order valence-electron chi connectivity index (χ4n) is 2.48. The molecule has 0 aliphatic rings. The van der Waals surface area contributed by atoms with Gasteiger partial charge in [0.1, 0.15) is 5.69 Å². The fourth-order valence-corrected chi connectivity index (χ4v) is 3.19. The summed E-state index contributed by atoms with van der Waals surface area (Å²) in [4.78, 5) is 31.2. The summed E-state index contributed by atoms with van der Waals surface area (Å²) < 4.78 is 34.2. The molecular formula is C19H14F2N4O5S. The first-order valence-corrected chi connectivity index (χ1v) is 9.42. The number of rotatable bonds is 8. The molecule has 31 heavy (non-hydrogen) atoms. The van der Waals surface area contributed by atoms with E-state index in [0.29, 0.717) is 16.5 Å². The first-order valence-electron chi connectivity index (χ1n) is 8.54. The van der Waals surface area contributed by atoms with Crippen LogP contribution in [0.3, 0.4) is 0 Å². The van der Waals surface area contributed by atoms with E-state index >= 15 is 0 Å². The van der Waals surface area contributed by atoms with Crippen LogP contribution in [0.5, 0.6) is 11.5 Å². The standard InChI is InChI=1S/C19H14F2N4O5S/c1-29-15-8-11(14(25(27)28)9-16(15)30-18(20)21)5-6-17(26)24-19-23-13(10-31-19)12-4-2-3-7-22-12/h2-10,18H,1H3,(H,23,24,26)/b6-5+. The Labute approximate surface area is 178 Å². The molecule has 1 N–H and O–H groups in total. The van der Waals surface area contributed by atoms with Crippen molar-refractivity contribution in [3.63, 3.8) is 0 Å². The molecule has 1 amide bonds. The second-order valence-electron chi connectivity index (χ2n) is 5.77. The van der Waals surface area contributed by atoms with E-state index in [-0.39, 0.29) is 11.3 Å². The van der Waals surface area contributed by atoms with Crippen LogP contribution in [-0.2, 0) is 4.79 Å². The quantitative estimate of drug-likeness (QED) is 0.309. The third kappa shape index (κ3) is 5.57. The van der Waals surface area contributed by atoms with Gasteiger partial charge in [-0.3, -0.25) is 25.2 Å². The van der Waals surface area contributed by atoms with Gasteiger partial charge in [-0.25, -0.2) is 4.98 Å². The second kappa shape index (κ2) is 9.71. The molecule has 2 aromatic heterocycles. The number of carbonyl (C=O) groups excluding carboxylic acids is 1. The van der Waals surface area contributed by atoms with Crippen molar-refractivity contribution < 1.29 is 28.0 Å². The van der Waals surface area contributed by atoms with Crippen LogP contribution in [0.2, 0.25) is 0 Å². The topological polar surface area (TPSA) is 116 Å². The van der Waals surface area contributed by atoms with Gasteiger partial charge in [0.2, 0.25) is 5.91 Å². The van der Waals surface area contributed by atoms with Crippen LogP contribution in [0.15, 0.2) is 48.0 Å². The second-order valence-corrected chi connectivity index (χ2v) is 6.63. The maximum Gasteiger partial charge on any atom is 0.387 e. The highest BCUT2D eigenvalue weighted by atomic mass is 32.1. The molecule has 0 spiro atoms. The van der Waals surface area contributed by atoms with Gasteiger partial charge in [0.25, 0.3) is 5.69 Å². The maximum absolute atomic E-state index is 12.5. The molecule has 3 rings (SSSR count). The van der Waals surface area contributed by atoms with E-state index in [1.807, 2.05) is 6.07 Å². The van der Waals surface area contributed by atoms with Gasteiger partial charge in [0.15, 0.2) is 16.6 Å². The average Bonchev–Trinajstić information content (AvgIpc) is 3.21. The van der Waals surface area contributed by atoms with Gasteiger partial charge < -0.3 is 9.47 Å². The van der Waals surface area contributed by atoms with Crippen molar-refractivity contribution in [2.75, 3.05) is 12.4 Å². The van der Waals surface area contributed by atoms with Crippen LogP contribution >= 0.6 is 11.3 Å². The first-order chi connectivity index (χ1) is 14.9. The number of nitro benzene ring substituents is 1. The highest BCUT2D eigenvalue weighted by Crippen LogP contribution is 2.36. The van der Waals surface area contributed by atoms with Crippen LogP contribution < -0.4 is 14.8 Å². The van der Waals surface area contributed by atoms with Crippen LogP contribution in [0.4, 0.5) is 19.6 Å². The average molecular weight is 448 g/mol. The van der Waals surface area contributed by atoms with E-state index in [4.69, 9.17) is 4.74 Å². The minimum atomic E-state index is -3.19. The number of benzene rings is 1. The molecule has 2 heterocycles. The normalized spacial score (nSPS) is 11.0. The number of pyridine rings is 1. The SMILES string of the molecule is COc1cc(/C=C/C(=O)Nc2nc(-c3ccccn3)cs2)c([N+](=O)[O-])cc1OC(F)F. The summed E-state index contributed by atoms with van der Waals surface area (Å²) in [6, 6.07) is 7.28. The van der Waals surface area contributed by atoms with Crippen molar-refractivity contribution in [2.24, 2.45) is 0 Å². The van der Waals surface area contributed by atoms with E-state index in [1.54, 1.807) is 23.7 Å². The summed E-state index contributed by atoms with van der Waals surface area (Å²) in [5.41, 5.74) is 0.655. The summed E-state index contributed by atoms with van der Waals surface area (Å²) in [5.74, 6) is -1.23. The number of nitrogens with zero attached hydrogens (tertiary/aromatic N) is 3. The Balaban J connectivity index is 1.78. The minimum Gasteiger partial charge on any atom is -0.493 e. The molecular weight excluding hydrogens is 434 g/mol. The molecule has 9 nitrogen and oxygen atoms in total. The highest BCUT2D eigenvalue weighted by molar-refractivity contribution is 7.14. The molecule has 0 fully saturated rings. The Morgan fingerprint density at radius 1 is 1.29 bits per heavy atom. The highest BCUT2D eigenvalue weighted by Gasteiger charge is 2.20. The Morgan fingerprint density at radius 3 is 2.74 bits per heavy atom. The largest absolute Gasteiger partial charge is 0.493 e. The van der Waals surface area contributed by atoms with Crippen LogP contribution in [0, 0.1) is 10.1 Å². The Morgan fingerprint density at radius 2 is 2.10 bits per heavy atom. The number of alkyl halides is 2. The van der Waals surface area contributed by atoms with Crippen molar-refractivity contribution in [3.05, 3.63) is 63.7 Å². The fraction of sp³-hybridized carbons (Fsp3) is 0.105. The Hall–Kier alpha value is -3.93. The predicted molar refractivity (Wildman–Crippen MR) is 109 cm³/mol. The van der Waals surface area contributed by atoms with Crippen molar-refractivity contribution in [1.82, 2.24) is 9.97 Å². The number of anilines is 1. The zero-order valence-corrected chi connectivity index (χ0v) is 16.6. The molecule has 1 aromatic carbocycles.